The highest BCUT2D eigenvalue weighted by atomic mass is 16.7. The first kappa shape index (κ1) is 51.1. The summed E-state index contributed by atoms with van der Waals surface area (Å²) in [7, 11) is 0. The molecule has 0 aromatic rings. The van der Waals surface area contributed by atoms with Gasteiger partial charge in [0.1, 0.15) is 55.4 Å². The van der Waals surface area contributed by atoms with Crippen molar-refractivity contribution < 1.29 is 73.8 Å². The Kier molecular flexibility index (Phi) is 27.7. The van der Waals surface area contributed by atoms with Crippen LogP contribution in [0.15, 0.2) is 24.3 Å². The molecule has 57 heavy (non-hydrogen) atoms. The van der Waals surface area contributed by atoms with E-state index in [1.807, 2.05) is 0 Å². The molecule has 0 spiro atoms. The number of aliphatic hydroxyl groups excluding tert-OH is 7. The van der Waals surface area contributed by atoms with Crippen molar-refractivity contribution in [2.75, 3.05) is 26.4 Å². The van der Waals surface area contributed by atoms with Crippen LogP contribution in [-0.4, -0.2) is 142 Å². The summed E-state index contributed by atoms with van der Waals surface area (Å²) in [6, 6.07) is 0. The molecule has 11 atom stereocenters. The van der Waals surface area contributed by atoms with E-state index in [0.29, 0.717) is 12.8 Å². The van der Waals surface area contributed by atoms with Crippen molar-refractivity contribution in [1.29, 1.82) is 0 Å². The molecular formula is C42H74O15. The van der Waals surface area contributed by atoms with Crippen molar-refractivity contribution >= 4 is 11.9 Å². The second-order valence-corrected chi connectivity index (χ2v) is 15.2. The number of unbranched alkanes of at least 4 members (excludes halogenated alkanes) is 13. The summed E-state index contributed by atoms with van der Waals surface area (Å²) in [5.41, 5.74) is 0. The number of hydrogen-bond donors (Lipinski definition) is 7. The van der Waals surface area contributed by atoms with Gasteiger partial charge in [0.05, 0.1) is 19.8 Å². The number of carbonyl (C=O) groups excluding carboxylic acids is 2. The summed E-state index contributed by atoms with van der Waals surface area (Å²) in [6.07, 6.45) is 9.72. The van der Waals surface area contributed by atoms with E-state index in [1.165, 1.54) is 19.3 Å². The first-order valence-electron chi connectivity index (χ1n) is 21.4. The quantitative estimate of drug-likeness (QED) is 0.0301. The van der Waals surface area contributed by atoms with E-state index in [9.17, 15) is 45.3 Å². The molecule has 15 heteroatoms. The Morgan fingerprint density at radius 1 is 0.561 bits per heavy atom. The van der Waals surface area contributed by atoms with Gasteiger partial charge in [0.2, 0.25) is 0 Å². The molecular weight excluding hydrogens is 744 g/mol. The first-order valence-corrected chi connectivity index (χ1v) is 21.4. The summed E-state index contributed by atoms with van der Waals surface area (Å²) in [5.74, 6) is -0.950. The monoisotopic (exact) mass is 819 g/mol. The molecule has 0 saturated carbocycles. The van der Waals surface area contributed by atoms with Crippen molar-refractivity contribution in [1.82, 2.24) is 0 Å². The van der Waals surface area contributed by atoms with Gasteiger partial charge in [-0.3, -0.25) is 9.59 Å². The van der Waals surface area contributed by atoms with Crippen LogP contribution < -0.4 is 0 Å². The third kappa shape index (κ3) is 20.7. The first-order chi connectivity index (χ1) is 27.5. The lowest BCUT2D eigenvalue weighted by molar-refractivity contribution is -0.332. The number of esters is 2. The minimum absolute atomic E-state index is 0.162. The van der Waals surface area contributed by atoms with Crippen LogP contribution in [0, 0.1) is 0 Å². The SMILES string of the molecule is CCCC/C=C/C/C=C/CCCCCCCC(=O)OC[C@H](CO[C@@H]1O[C@H](CO[C@@H]2O[C@H](CO)[C@H](O)C(O)C2O)[C@H](O)C(O)C1O)OC(=O)CCCCCCCCC. The molecule has 2 saturated heterocycles. The predicted octanol–water partition coefficient (Wildman–Crippen LogP) is 3.65. The molecule has 2 heterocycles. The van der Waals surface area contributed by atoms with Crippen LogP contribution >= 0.6 is 0 Å². The van der Waals surface area contributed by atoms with Crippen molar-refractivity contribution in [3.05, 3.63) is 24.3 Å². The molecule has 0 bridgehead atoms. The molecule has 2 aliphatic heterocycles. The van der Waals surface area contributed by atoms with Gasteiger partial charge in [-0.1, -0.05) is 109 Å². The second-order valence-electron chi connectivity index (χ2n) is 15.2. The molecule has 0 amide bonds. The predicted molar refractivity (Wildman–Crippen MR) is 211 cm³/mol. The normalized spacial score (nSPS) is 28.6. The lowest BCUT2D eigenvalue weighted by Crippen LogP contribution is -2.61. The number of rotatable bonds is 31. The Bertz CT molecular complexity index is 1100. The van der Waals surface area contributed by atoms with E-state index in [4.69, 9.17) is 28.4 Å². The van der Waals surface area contributed by atoms with Crippen LogP contribution in [0.25, 0.3) is 0 Å². The second kappa shape index (κ2) is 30.9. The summed E-state index contributed by atoms with van der Waals surface area (Å²) in [5, 5.41) is 71.6. The van der Waals surface area contributed by atoms with Crippen LogP contribution in [0.4, 0.5) is 0 Å². The highest BCUT2D eigenvalue weighted by Gasteiger charge is 2.47. The molecule has 4 unspecified atom stereocenters. The molecule has 15 nitrogen and oxygen atoms in total. The molecule has 332 valence electrons. The van der Waals surface area contributed by atoms with Gasteiger partial charge in [0.15, 0.2) is 18.7 Å². The standard InChI is InChI=1S/C42H74O15/c1-3-5-7-9-11-12-13-14-15-16-17-19-20-22-24-33(44)52-27-30(55-34(45)25-23-21-18-10-8-6-4-2)28-53-41-40(51)38(49)36(47)32(57-41)29-54-42-39(50)37(48)35(46)31(26-43)56-42/h9,11,13-14,30-32,35-43,46-51H,3-8,10,12,15-29H2,1-2H3/b11-9+,14-13+/t30-,31-,32-,35+,36+,37?,38?,39?,40?,41-,42-/m1/s1. The number of allylic oxidation sites excluding steroid dienone is 4. The highest BCUT2D eigenvalue weighted by molar-refractivity contribution is 5.70. The molecule has 0 aromatic carbocycles. The Labute approximate surface area is 339 Å². The third-order valence-electron chi connectivity index (χ3n) is 10.2. The van der Waals surface area contributed by atoms with Crippen molar-refractivity contribution in [2.24, 2.45) is 0 Å². The van der Waals surface area contributed by atoms with Crippen molar-refractivity contribution in [3.8, 4) is 0 Å². The van der Waals surface area contributed by atoms with E-state index in [0.717, 1.165) is 77.0 Å². The fourth-order valence-corrected chi connectivity index (χ4v) is 6.52. The molecule has 2 fully saturated rings. The number of ether oxygens (including phenoxy) is 6. The number of aliphatic hydroxyl groups is 7. The summed E-state index contributed by atoms with van der Waals surface area (Å²) in [4.78, 5) is 25.4. The summed E-state index contributed by atoms with van der Waals surface area (Å²) < 4.78 is 33.3. The Hall–Kier alpha value is -2.02. The van der Waals surface area contributed by atoms with Gasteiger partial charge in [-0.15, -0.1) is 0 Å². The van der Waals surface area contributed by atoms with Crippen LogP contribution in [0.2, 0.25) is 0 Å². The van der Waals surface area contributed by atoms with E-state index in [2.05, 4.69) is 38.2 Å². The highest BCUT2D eigenvalue weighted by Crippen LogP contribution is 2.26. The fraction of sp³-hybridized carbons (Fsp3) is 0.857. The lowest BCUT2D eigenvalue weighted by Gasteiger charge is -2.42. The van der Waals surface area contributed by atoms with Crippen LogP contribution in [0.1, 0.15) is 136 Å². The van der Waals surface area contributed by atoms with E-state index in [-0.39, 0.29) is 26.1 Å². The lowest BCUT2D eigenvalue weighted by atomic mass is 9.98. The molecule has 0 radical (unpaired) electrons. The average molecular weight is 819 g/mol. The largest absolute Gasteiger partial charge is 0.462 e. The molecule has 0 aromatic heterocycles. The molecule has 2 aliphatic rings. The van der Waals surface area contributed by atoms with Gasteiger partial charge < -0.3 is 64.2 Å². The van der Waals surface area contributed by atoms with Gasteiger partial charge in [0.25, 0.3) is 0 Å². The van der Waals surface area contributed by atoms with Gasteiger partial charge in [-0.25, -0.2) is 0 Å². The van der Waals surface area contributed by atoms with Gasteiger partial charge in [-0.2, -0.15) is 0 Å². The zero-order valence-corrected chi connectivity index (χ0v) is 34.3. The average Bonchev–Trinajstić information content (AvgIpc) is 3.20. The maximum atomic E-state index is 12.8. The zero-order chi connectivity index (χ0) is 41.8. The Morgan fingerprint density at radius 2 is 1.07 bits per heavy atom. The summed E-state index contributed by atoms with van der Waals surface area (Å²) in [6.45, 7) is 2.44. The van der Waals surface area contributed by atoms with Crippen molar-refractivity contribution in [2.45, 2.75) is 203 Å². The molecule has 0 aliphatic carbocycles. The summed E-state index contributed by atoms with van der Waals surface area (Å²) >= 11 is 0. The van der Waals surface area contributed by atoms with Gasteiger partial charge >= 0.3 is 11.9 Å². The number of hydrogen-bond acceptors (Lipinski definition) is 15. The van der Waals surface area contributed by atoms with E-state index in [1.54, 1.807) is 0 Å². The maximum absolute atomic E-state index is 12.8. The third-order valence-corrected chi connectivity index (χ3v) is 10.2. The molecule has 7 N–H and O–H groups in total. The minimum Gasteiger partial charge on any atom is -0.462 e. The fourth-order valence-electron chi connectivity index (χ4n) is 6.52. The molecule has 2 rings (SSSR count). The number of carbonyl (C=O) groups is 2. The van der Waals surface area contributed by atoms with Crippen molar-refractivity contribution in [3.63, 3.8) is 0 Å². The maximum Gasteiger partial charge on any atom is 0.306 e. The van der Waals surface area contributed by atoms with Gasteiger partial charge in [-0.05, 0) is 38.5 Å². The smallest absolute Gasteiger partial charge is 0.306 e. The van der Waals surface area contributed by atoms with E-state index < -0.39 is 92.7 Å². The van der Waals surface area contributed by atoms with Crippen LogP contribution in [-0.2, 0) is 38.0 Å². The minimum atomic E-state index is -1.76. The Balaban J connectivity index is 1.86. The topological polar surface area (TPSA) is 231 Å². The Morgan fingerprint density at radius 3 is 1.68 bits per heavy atom. The zero-order valence-electron chi connectivity index (χ0n) is 34.3. The van der Waals surface area contributed by atoms with Crippen LogP contribution in [0.3, 0.4) is 0 Å². The van der Waals surface area contributed by atoms with E-state index >= 15 is 0 Å². The van der Waals surface area contributed by atoms with Gasteiger partial charge in [0, 0.05) is 12.8 Å². The van der Waals surface area contributed by atoms with Crippen LogP contribution in [0.5, 0.6) is 0 Å².